The summed E-state index contributed by atoms with van der Waals surface area (Å²) in [6.07, 6.45) is 1.72. The predicted molar refractivity (Wildman–Crippen MR) is 79.4 cm³/mol. The zero-order valence-electron chi connectivity index (χ0n) is 11.6. The Hall–Kier alpha value is -1.62. The minimum atomic E-state index is -0.227. The smallest absolute Gasteiger partial charge is 0.254 e. The zero-order chi connectivity index (χ0) is 14.5. The number of aryl methyl sites for hydroxylation is 1. The normalized spacial score (nSPS) is 10.8. The van der Waals surface area contributed by atoms with Crippen LogP contribution in [0.25, 0.3) is 0 Å². The second kappa shape index (κ2) is 6.70. The highest BCUT2D eigenvalue weighted by molar-refractivity contribution is 7.98. The van der Waals surface area contributed by atoms with Crippen LogP contribution in [0.3, 0.4) is 0 Å². The first-order valence-electron chi connectivity index (χ1n) is 6.55. The maximum atomic E-state index is 13.6. The lowest BCUT2D eigenvalue weighted by Crippen LogP contribution is -2.20. The molecule has 0 unspecified atom stereocenters. The summed E-state index contributed by atoms with van der Waals surface area (Å²) in [4.78, 5) is 16.3. The van der Waals surface area contributed by atoms with Crippen molar-refractivity contribution in [2.45, 2.75) is 30.7 Å². The Kier molecular flexibility index (Phi) is 4.95. The van der Waals surface area contributed by atoms with E-state index in [2.05, 4.69) is 4.98 Å². The van der Waals surface area contributed by atoms with Gasteiger partial charge in [-0.25, -0.2) is 9.37 Å². The van der Waals surface area contributed by atoms with Crippen LogP contribution < -0.4 is 5.56 Å². The van der Waals surface area contributed by atoms with Gasteiger partial charge in [0.15, 0.2) is 5.16 Å². The number of benzene rings is 1. The molecule has 106 valence electrons. The predicted octanol–water partition coefficient (Wildman–Crippen LogP) is 3.16. The van der Waals surface area contributed by atoms with Gasteiger partial charge in [0, 0.05) is 24.6 Å². The summed E-state index contributed by atoms with van der Waals surface area (Å²) in [6.45, 7) is 2.05. The Morgan fingerprint density at radius 2 is 2.10 bits per heavy atom. The fourth-order valence-corrected chi connectivity index (χ4v) is 2.82. The van der Waals surface area contributed by atoms with E-state index < -0.39 is 0 Å². The van der Waals surface area contributed by atoms with Gasteiger partial charge in [-0.2, -0.15) is 0 Å². The van der Waals surface area contributed by atoms with E-state index in [1.165, 1.54) is 22.4 Å². The summed E-state index contributed by atoms with van der Waals surface area (Å²) in [6, 6.07) is 8.22. The Labute approximate surface area is 121 Å². The van der Waals surface area contributed by atoms with Gasteiger partial charge in [0.1, 0.15) is 5.82 Å². The third-order valence-corrected chi connectivity index (χ3v) is 4.05. The Balaban J connectivity index is 2.21. The third-order valence-electron chi connectivity index (χ3n) is 2.97. The summed E-state index contributed by atoms with van der Waals surface area (Å²) in [7, 11) is 1.69. The highest BCUT2D eigenvalue weighted by atomic mass is 32.2. The van der Waals surface area contributed by atoms with Gasteiger partial charge in [-0.05, 0) is 18.1 Å². The van der Waals surface area contributed by atoms with Crippen LogP contribution in [0, 0.1) is 5.82 Å². The van der Waals surface area contributed by atoms with Gasteiger partial charge in [-0.1, -0.05) is 43.3 Å². The van der Waals surface area contributed by atoms with Gasteiger partial charge in [0.25, 0.3) is 5.56 Å². The van der Waals surface area contributed by atoms with Crippen molar-refractivity contribution in [3.05, 3.63) is 57.8 Å². The van der Waals surface area contributed by atoms with Crippen molar-refractivity contribution >= 4 is 11.8 Å². The Morgan fingerprint density at radius 3 is 2.80 bits per heavy atom. The maximum absolute atomic E-state index is 13.6. The van der Waals surface area contributed by atoms with Gasteiger partial charge in [0.2, 0.25) is 0 Å². The summed E-state index contributed by atoms with van der Waals surface area (Å²) in [5.41, 5.74) is 1.35. The highest BCUT2D eigenvalue weighted by Crippen LogP contribution is 2.21. The van der Waals surface area contributed by atoms with Gasteiger partial charge in [-0.3, -0.25) is 9.36 Å². The van der Waals surface area contributed by atoms with E-state index in [-0.39, 0.29) is 11.4 Å². The number of hydrogen-bond acceptors (Lipinski definition) is 3. The number of nitrogens with zero attached hydrogens (tertiary/aromatic N) is 2. The van der Waals surface area contributed by atoms with Gasteiger partial charge in [0.05, 0.1) is 0 Å². The number of hydrogen-bond donors (Lipinski definition) is 0. The fraction of sp³-hybridized carbons (Fsp3) is 0.333. The van der Waals surface area contributed by atoms with E-state index in [1.54, 1.807) is 31.3 Å². The lowest BCUT2D eigenvalue weighted by molar-refractivity contribution is 0.617. The van der Waals surface area contributed by atoms with Crippen LogP contribution in [0.4, 0.5) is 4.39 Å². The van der Waals surface area contributed by atoms with E-state index in [0.29, 0.717) is 16.5 Å². The van der Waals surface area contributed by atoms with E-state index >= 15 is 0 Å². The van der Waals surface area contributed by atoms with Crippen molar-refractivity contribution in [2.75, 3.05) is 0 Å². The molecule has 5 heteroatoms. The monoisotopic (exact) mass is 292 g/mol. The number of thioether (sulfide) groups is 1. The molecule has 1 aromatic heterocycles. The summed E-state index contributed by atoms with van der Waals surface area (Å²) < 4.78 is 15.1. The lowest BCUT2D eigenvalue weighted by Gasteiger charge is -2.09. The van der Waals surface area contributed by atoms with Crippen LogP contribution in [0.15, 0.2) is 40.3 Å². The molecular formula is C15H17FN2OS. The standard InChI is InChI=1S/C15H17FN2OS/c1-3-6-12-9-14(19)18(2)15(17-12)20-10-11-7-4-5-8-13(11)16/h4-5,7-9H,3,6,10H2,1-2H3. The van der Waals surface area contributed by atoms with E-state index in [1.807, 2.05) is 6.92 Å². The molecule has 0 N–H and O–H groups in total. The van der Waals surface area contributed by atoms with Gasteiger partial charge >= 0.3 is 0 Å². The molecule has 0 aliphatic heterocycles. The molecule has 0 radical (unpaired) electrons. The van der Waals surface area contributed by atoms with Crippen molar-refractivity contribution in [3.63, 3.8) is 0 Å². The molecule has 0 saturated carbocycles. The highest BCUT2D eigenvalue weighted by Gasteiger charge is 2.08. The Bertz CT molecular complexity index is 655. The molecular weight excluding hydrogens is 275 g/mol. The van der Waals surface area contributed by atoms with E-state index in [9.17, 15) is 9.18 Å². The molecule has 3 nitrogen and oxygen atoms in total. The van der Waals surface area contributed by atoms with E-state index in [4.69, 9.17) is 0 Å². The first kappa shape index (κ1) is 14.8. The molecule has 1 heterocycles. The van der Waals surface area contributed by atoms with E-state index in [0.717, 1.165) is 18.5 Å². The molecule has 20 heavy (non-hydrogen) atoms. The molecule has 0 aliphatic carbocycles. The third kappa shape index (κ3) is 3.48. The SMILES string of the molecule is CCCc1cc(=O)n(C)c(SCc2ccccc2F)n1. The van der Waals surface area contributed by atoms with Crippen molar-refractivity contribution in [3.8, 4) is 0 Å². The first-order valence-corrected chi connectivity index (χ1v) is 7.53. The average molecular weight is 292 g/mol. The molecule has 0 atom stereocenters. The average Bonchev–Trinajstić information content (AvgIpc) is 2.43. The number of halogens is 1. The summed E-state index contributed by atoms with van der Waals surface area (Å²) in [5, 5.41) is 0.629. The number of rotatable bonds is 5. The van der Waals surface area contributed by atoms with Crippen LogP contribution in [0.5, 0.6) is 0 Å². The quantitative estimate of drug-likeness (QED) is 0.627. The topological polar surface area (TPSA) is 34.9 Å². The lowest BCUT2D eigenvalue weighted by atomic mass is 10.2. The molecule has 2 aromatic rings. The molecule has 0 spiro atoms. The first-order chi connectivity index (χ1) is 9.61. The maximum Gasteiger partial charge on any atom is 0.254 e. The minimum absolute atomic E-state index is 0.0699. The Morgan fingerprint density at radius 1 is 1.35 bits per heavy atom. The van der Waals surface area contributed by atoms with Crippen molar-refractivity contribution < 1.29 is 4.39 Å². The minimum Gasteiger partial charge on any atom is -0.291 e. The van der Waals surface area contributed by atoms with Gasteiger partial charge < -0.3 is 0 Å². The summed E-state index contributed by atoms with van der Waals surface area (Å²) in [5.74, 6) is 0.234. The van der Waals surface area contributed by atoms with Crippen molar-refractivity contribution in [2.24, 2.45) is 7.05 Å². The van der Waals surface area contributed by atoms with Crippen LogP contribution in [0.1, 0.15) is 24.6 Å². The van der Waals surface area contributed by atoms with Gasteiger partial charge in [-0.15, -0.1) is 0 Å². The fourth-order valence-electron chi connectivity index (χ4n) is 1.83. The van der Waals surface area contributed by atoms with Crippen LogP contribution in [-0.2, 0) is 19.2 Å². The molecule has 0 saturated heterocycles. The molecule has 0 bridgehead atoms. The van der Waals surface area contributed by atoms with Crippen LogP contribution >= 0.6 is 11.8 Å². The second-order valence-corrected chi connectivity index (χ2v) is 5.50. The molecule has 0 aliphatic rings. The summed E-state index contributed by atoms with van der Waals surface area (Å²) >= 11 is 1.38. The van der Waals surface area contributed by atoms with Crippen molar-refractivity contribution in [1.82, 2.24) is 9.55 Å². The molecule has 1 aromatic carbocycles. The second-order valence-electron chi connectivity index (χ2n) is 4.56. The molecule has 2 rings (SSSR count). The molecule has 0 amide bonds. The van der Waals surface area contributed by atoms with Crippen molar-refractivity contribution in [1.29, 1.82) is 0 Å². The zero-order valence-corrected chi connectivity index (χ0v) is 12.4. The van der Waals surface area contributed by atoms with Crippen LogP contribution in [-0.4, -0.2) is 9.55 Å². The van der Waals surface area contributed by atoms with Crippen LogP contribution in [0.2, 0.25) is 0 Å². The largest absolute Gasteiger partial charge is 0.291 e. The number of aromatic nitrogens is 2. The molecule has 0 fully saturated rings.